The first-order valence-electron chi connectivity index (χ1n) is 14.8. The summed E-state index contributed by atoms with van der Waals surface area (Å²) in [4.78, 5) is 24.9. The Kier molecular flexibility index (Phi) is 7.95. The van der Waals surface area contributed by atoms with Crippen molar-refractivity contribution in [1.29, 1.82) is 0 Å². The molecule has 2 saturated carbocycles. The van der Waals surface area contributed by atoms with E-state index in [0.29, 0.717) is 11.5 Å². The van der Waals surface area contributed by atoms with Gasteiger partial charge in [0, 0.05) is 12.1 Å². The molecule has 2 aliphatic carbocycles. The van der Waals surface area contributed by atoms with E-state index in [1.54, 1.807) is 0 Å². The maximum absolute atomic E-state index is 14.8. The fraction of sp³-hybridized carbons (Fsp3) is 0.419. The lowest BCUT2D eigenvalue weighted by Crippen LogP contribution is -2.36. The van der Waals surface area contributed by atoms with Gasteiger partial charge in [0.1, 0.15) is 17.1 Å². The molecule has 16 heteroatoms. The molecule has 9 nitrogen and oxygen atoms in total. The van der Waals surface area contributed by atoms with Crippen molar-refractivity contribution in [2.24, 2.45) is 5.92 Å². The van der Waals surface area contributed by atoms with Crippen molar-refractivity contribution >= 4 is 23.0 Å². The molecule has 0 unspecified atom stereocenters. The summed E-state index contributed by atoms with van der Waals surface area (Å²) in [6.07, 6.45) is -5.76. The molecule has 0 saturated heterocycles. The maximum atomic E-state index is 14.8. The average Bonchev–Trinajstić information content (AvgIpc) is 3.59. The third-order valence-corrected chi connectivity index (χ3v) is 8.54. The predicted octanol–water partition coefficient (Wildman–Crippen LogP) is 8.04. The summed E-state index contributed by atoms with van der Waals surface area (Å²) >= 11 is 0. The van der Waals surface area contributed by atoms with Gasteiger partial charge in [-0.1, -0.05) is 32.4 Å². The van der Waals surface area contributed by atoms with Crippen molar-refractivity contribution in [3.63, 3.8) is 0 Å². The zero-order valence-electron chi connectivity index (χ0n) is 25.0. The third-order valence-electron chi connectivity index (χ3n) is 8.54. The number of anilines is 1. The molecule has 0 amide bonds. The molecule has 2 heterocycles. The van der Waals surface area contributed by atoms with Gasteiger partial charge in [0.2, 0.25) is 5.82 Å². The molecular weight excluding hydrogens is 639 g/mol. The second-order valence-corrected chi connectivity index (χ2v) is 12.1. The van der Waals surface area contributed by atoms with Crippen molar-refractivity contribution in [3.8, 4) is 22.9 Å². The van der Waals surface area contributed by atoms with Crippen LogP contribution in [0.25, 0.3) is 22.6 Å². The van der Waals surface area contributed by atoms with Crippen molar-refractivity contribution in [1.82, 2.24) is 19.5 Å². The maximum Gasteiger partial charge on any atom is 0.573 e. The molecule has 0 aliphatic heterocycles. The van der Waals surface area contributed by atoms with E-state index in [2.05, 4.69) is 29.7 Å². The second-order valence-electron chi connectivity index (χ2n) is 12.1. The molecule has 2 aromatic carbocycles. The van der Waals surface area contributed by atoms with Gasteiger partial charge < -0.3 is 24.5 Å². The summed E-state index contributed by atoms with van der Waals surface area (Å²) in [6.45, 7) is 3.30. The molecule has 0 atom stereocenters. The highest BCUT2D eigenvalue weighted by Gasteiger charge is 2.52. The van der Waals surface area contributed by atoms with Crippen LogP contribution in [0.15, 0.2) is 36.4 Å². The molecule has 2 fully saturated rings. The number of rotatable bonds is 10. The van der Waals surface area contributed by atoms with Crippen LogP contribution >= 0.6 is 0 Å². The van der Waals surface area contributed by atoms with Gasteiger partial charge in [-0.2, -0.15) is 0 Å². The van der Waals surface area contributed by atoms with Crippen molar-refractivity contribution in [2.45, 2.75) is 76.7 Å². The molecule has 0 spiro atoms. The minimum absolute atomic E-state index is 0.0614. The van der Waals surface area contributed by atoms with Gasteiger partial charge >= 0.3 is 18.7 Å². The number of aromatic carboxylic acids is 1. The van der Waals surface area contributed by atoms with Gasteiger partial charge in [-0.05, 0) is 72.9 Å². The summed E-state index contributed by atoms with van der Waals surface area (Å²) < 4.78 is 103. The summed E-state index contributed by atoms with van der Waals surface area (Å²) in [7, 11) is 0. The van der Waals surface area contributed by atoms with Gasteiger partial charge in [0.25, 0.3) is 0 Å². The Morgan fingerprint density at radius 2 is 1.66 bits per heavy atom. The molecule has 47 heavy (non-hydrogen) atoms. The van der Waals surface area contributed by atoms with Crippen LogP contribution in [0.1, 0.15) is 73.6 Å². The van der Waals surface area contributed by atoms with Gasteiger partial charge in [-0.15, -0.1) is 26.3 Å². The van der Waals surface area contributed by atoms with E-state index in [0.717, 1.165) is 56.4 Å². The minimum Gasteiger partial charge on any atom is -0.475 e. The number of hydrogen-bond acceptors (Lipinski definition) is 7. The van der Waals surface area contributed by atoms with Crippen LogP contribution in [-0.2, 0) is 6.54 Å². The Balaban J connectivity index is 1.58. The second kappa shape index (κ2) is 11.6. The molecule has 0 radical (unpaired) electrons. The lowest BCUT2D eigenvalue weighted by molar-refractivity contribution is -0.276. The van der Waals surface area contributed by atoms with Crippen molar-refractivity contribution < 1.29 is 50.1 Å². The molecule has 6 rings (SSSR count). The van der Waals surface area contributed by atoms with Gasteiger partial charge in [0.05, 0.1) is 5.56 Å². The number of nitrogens with zero attached hydrogens (tertiary/aromatic N) is 4. The number of benzene rings is 2. The Morgan fingerprint density at radius 3 is 2.21 bits per heavy atom. The largest absolute Gasteiger partial charge is 0.573 e. The van der Waals surface area contributed by atoms with Crippen LogP contribution in [0.2, 0.25) is 0 Å². The summed E-state index contributed by atoms with van der Waals surface area (Å²) in [5, 5.41) is 13.2. The third kappa shape index (κ3) is 6.76. The van der Waals surface area contributed by atoms with Crippen LogP contribution in [0.4, 0.5) is 36.6 Å². The number of carbonyl (C=O) groups is 1. The number of alkyl halides is 6. The van der Waals surface area contributed by atoms with Crippen LogP contribution in [0, 0.1) is 11.7 Å². The Hall–Kier alpha value is -4.63. The van der Waals surface area contributed by atoms with E-state index in [9.17, 15) is 40.6 Å². The summed E-state index contributed by atoms with van der Waals surface area (Å²) in [5.74, 6) is -5.04. The van der Waals surface area contributed by atoms with Gasteiger partial charge in [-0.3, -0.25) is 0 Å². The molecule has 250 valence electrons. The highest BCUT2D eigenvalue weighted by atomic mass is 19.4. The first kappa shape index (κ1) is 32.3. The zero-order chi connectivity index (χ0) is 33.9. The van der Waals surface area contributed by atoms with Gasteiger partial charge in [0.15, 0.2) is 23.0 Å². The lowest BCUT2D eigenvalue weighted by atomic mass is 9.78. The normalized spacial score (nSPS) is 16.3. The first-order valence-corrected chi connectivity index (χ1v) is 14.8. The fourth-order valence-electron chi connectivity index (χ4n) is 5.87. The number of fused-ring (bicyclic) bond motifs is 1. The van der Waals surface area contributed by atoms with Crippen LogP contribution < -0.4 is 14.8 Å². The van der Waals surface area contributed by atoms with Gasteiger partial charge in [-0.25, -0.2) is 24.1 Å². The average molecular weight is 668 g/mol. The topological polar surface area (TPSA) is 111 Å². The number of hydrogen-bond donors (Lipinski definition) is 2. The van der Waals surface area contributed by atoms with E-state index in [4.69, 9.17) is 0 Å². The highest BCUT2D eigenvalue weighted by Crippen LogP contribution is 2.53. The minimum atomic E-state index is -5.15. The zero-order valence-corrected chi connectivity index (χ0v) is 25.0. The Labute approximate surface area is 262 Å². The van der Waals surface area contributed by atoms with Crippen LogP contribution in [0.5, 0.6) is 11.5 Å². The Bertz CT molecular complexity index is 1850. The lowest BCUT2D eigenvalue weighted by Gasteiger charge is -2.35. The van der Waals surface area contributed by atoms with Crippen LogP contribution in [0.3, 0.4) is 0 Å². The highest BCUT2D eigenvalue weighted by molar-refractivity contribution is 5.93. The number of carboxylic acids is 1. The SMILES string of the molecule is CC(C)c1ccc(OC(F)(F)F)c(-c2nc3nc(C(=O)O)nc(NC4(C5CCC5)CC4)c3n2Cc2ccc(OC(F)(F)F)c(F)c2)c1. The van der Waals surface area contributed by atoms with E-state index in [1.165, 1.54) is 16.7 Å². The number of imidazole rings is 1. The smallest absolute Gasteiger partial charge is 0.475 e. The predicted molar refractivity (Wildman–Crippen MR) is 154 cm³/mol. The molecule has 4 aromatic rings. The standard InChI is InChI=1S/C31H28F7N5O4/c1-15(2)17-7-9-21(46-30(33,34)35)19(13-17)27-41-24-23(43(27)14-16-6-8-22(20(32)12-16)47-31(36,37)38)25(40-26(39-24)28(44)45)42-29(10-11-29)18-4-3-5-18/h6-9,12-13,15,18H,3-5,10-11,14H2,1-2H3,(H,44,45)(H,39,40,42). The van der Waals surface area contributed by atoms with Crippen molar-refractivity contribution in [3.05, 3.63) is 59.2 Å². The molecule has 0 bridgehead atoms. The first-order chi connectivity index (χ1) is 22.0. The number of nitrogens with one attached hydrogen (secondary N) is 1. The number of ether oxygens (including phenoxy) is 2. The van der Waals surface area contributed by atoms with E-state index in [1.807, 2.05) is 13.8 Å². The summed E-state index contributed by atoms with van der Waals surface area (Å²) in [5.41, 5.74) is 0.126. The van der Waals surface area contributed by atoms with E-state index < -0.39 is 41.8 Å². The van der Waals surface area contributed by atoms with Crippen molar-refractivity contribution in [2.75, 3.05) is 5.32 Å². The fourth-order valence-corrected chi connectivity index (χ4v) is 5.87. The molecular formula is C31H28F7N5O4. The summed E-state index contributed by atoms with van der Waals surface area (Å²) in [6, 6.07) is 6.77. The molecule has 2 aromatic heterocycles. The van der Waals surface area contributed by atoms with E-state index in [-0.39, 0.29) is 51.9 Å². The number of carboxylic acid groups (broad SMARTS) is 1. The van der Waals surface area contributed by atoms with E-state index >= 15 is 0 Å². The number of aromatic nitrogens is 4. The monoisotopic (exact) mass is 667 g/mol. The Morgan fingerprint density at radius 1 is 1.00 bits per heavy atom. The quantitative estimate of drug-likeness (QED) is 0.164. The van der Waals surface area contributed by atoms with Crippen LogP contribution in [-0.4, -0.2) is 48.9 Å². The molecule has 2 aliphatic rings. The number of halogens is 7. The molecule has 2 N–H and O–H groups in total.